The van der Waals surface area contributed by atoms with E-state index in [4.69, 9.17) is 4.74 Å². The molecule has 1 saturated carbocycles. The fraction of sp³-hybridized carbons (Fsp3) is 0.333. The highest BCUT2D eigenvalue weighted by Crippen LogP contribution is 2.25. The third kappa shape index (κ3) is 3.77. The first-order valence-electron chi connectivity index (χ1n) is 6.72. The predicted molar refractivity (Wildman–Crippen MR) is 80.4 cm³/mol. The minimum absolute atomic E-state index is 0.387. The number of hydrogen-bond acceptors (Lipinski definition) is 4. The second-order valence-corrected chi connectivity index (χ2v) is 5.72. The summed E-state index contributed by atoms with van der Waals surface area (Å²) in [4.78, 5) is 8.29. The molecule has 1 aromatic heterocycles. The largest absolute Gasteiger partial charge is 0.486 e. The maximum atomic E-state index is 5.74. The lowest BCUT2D eigenvalue weighted by Gasteiger charge is -2.10. The second kappa shape index (κ2) is 6.33. The van der Waals surface area contributed by atoms with Crippen LogP contribution in [-0.2, 0) is 13.2 Å². The normalized spacial score (nSPS) is 14.2. The molecule has 1 heterocycles. The first-order chi connectivity index (χ1) is 9.81. The fourth-order valence-electron chi connectivity index (χ4n) is 1.87. The zero-order valence-corrected chi connectivity index (χ0v) is 12.6. The summed E-state index contributed by atoms with van der Waals surface area (Å²) in [6, 6.07) is 8.52. The van der Waals surface area contributed by atoms with E-state index in [1.54, 1.807) is 18.5 Å². The van der Waals surface area contributed by atoms with E-state index in [1.165, 1.54) is 18.4 Å². The van der Waals surface area contributed by atoms with Gasteiger partial charge in [-0.05, 0) is 42.7 Å². The van der Waals surface area contributed by atoms with Crippen molar-refractivity contribution in [2.45, 2.75) is 32.0 Å². The number of nitrogens with zero attached hydrogens (tertiary/aromatic N) is 2. The predicted octanol–water partition coefficient (Wildman–Crippen LogP) is 3.07. The smallest absolute Gasteiger partial charge is 0.166 e. The van der Waals surface area contributed by atoms with Gasteiger partial charge >= 0.3 is 0 Å². The fourth-order valence-corrected chi connectivity index (χ4v) is 2.26. The van der Waals surface area contributed by atoms with Crippen molar-refractivity contribution in [3.8, 4) is 5.75 Å². The van der Waals surface area contributed by atoms with Gasteiger partial charge in [0.1, 0.15) is 12.4 Å². The first kappa shape index (κ1) is 13.5. The van der Waals surface area contributed by atoms with Crippen molar-refractivity contribution in [2.75, 3.05) is 0 Å². The quantitative estimate of drug-likeness (QED) is 0.882. The van der Waals surface area contributed by atoms with E-state index in [1.807, 2.05) is 12.1 Å². The summed E-state index contributed by atoms with van der Waals surface area (Å²) in [5.41, 5.74) is 1.21. The lowest BCUT2D eigenvalue weighted by molar-refractivity contribution is 0.295. The van der Waals surface area contributed by atoms with Gasteiger partial charge in [0, 0.05) is 29.5 Å². The van der Waals surface area contributed by atoms with Gasteiger partial charge in [-0.1, -0.05) is 15.9 Å². The summed E-state index contributed by atoms with van der Waals surface area (Å²) in [5.74, 6) is 1.53. The van der Waals surface area contributed by atoms with Crippen LogP contribution in [0.25, 0.3) is 0 Å². The third-order valence-corrected chi connectivity index (χ3v) is 3.94. The molecule has 20 heavy (non-hydrogen) atoms. The lowest BCUT2D eigenvalue weighted by Crippen LogP contribution is -2.15. The molecule has 1 aliphatic rings. The Kier molecular flexibility index (Phi) is 4.28. The van der Waals surface area contributed by atoms with Gasteiger partial charge in [0.15, 0.2) is 5.82 Å². The van der Waals surface area contributed by atoms with Gasteiger partial charge in [-0.3, -0.25) is 0 Å². The number of ether oxygens (including phenoxy) is 1. The second-order valence-electron chi connectivity index (χ2n) is 4.86. The number of benzene rings is 1. The molecule has 0 bridgehead atoms. The number of aromatic nitrogens is 2. The van der Waals surface area contributed by atoms with Gasteiger partial charge in [-0.2, -0.15) is 0 Å². The van der Waals surface area contributed by atoms with Crippen molar-refractivity contribution in [1.29, 1.82) is 0 Å². The summed E-state index contributed by atoms with van der Waals surface area (Å²) in [7, 11) is 0. The molecule has 0 saturated heterocycles. The molecule has 5 heteroatoms. The van der Waals surface area contributed by atoms with Crippen LogP contribution in [-0.4, -0.2) is 16.0 Å². The molecule has 0 unspecified atom stereocenters. The van der Waals surface area contributed by atoms with Crippen molar-refractivity contribution in [2.24, 2.45) is 0 Å². The molecule has 4 nitrogen and oxygen atoms in total. The van der Waals surface area contributed by atoms with Crippen molar-refractivity contribution in [3.63, 3.8) is 0 Å². The average molecular weight is 334 g/mol. The van der Waals surface area contributed by atoms with Crippen LogP contribution in [0.5, 0.6) is 5.75 Å². The Morgan fingerprint density at radius 1 is 1.25 bits per heavy atom. The molecule has 1 aliphatic carbocycles. The van der Waals surface area contributed by atoms with E-state index < -0.39 is 0 Å². The van der Waals surface area contributed by atoms with Crippen molar-refractivity contribution < 1.29 is 4.74 Å². The summed E-state index contributed by atoms with van der Waals surface area (Å²) in [6.07, 6.45) is 6.02. The highest BCUT2D eigenvalue weighted by atomic mass is 79.9. The van der Waals surface area contributed by atoms with Gasteiger partial charge in [0.25, 0.3) is 0 Å². The van der Waals surface area contributed by atoms with E-state index in [0.29, 0.717) is 18.5 Å². The monoisotopic (exact) mass is 333 g/mol. The summed E-state index contributed by atoms with van der Waals surface area (Å²) in [5, 5.41) is 3.50. The number of nitrogens with one attached hydrogen (secondary N) is 1. The molecule has 0 radical (unpaired) electrons. The van der Waals surface area contributed by atoms with Crippen LogP contribution in [0.1, 0.15) is 24.2 Å². The van der Waals surface area contributed by atoms with Gasteiger partial charge in [-0.15, -0.1) is 0 Å². The summed E-state index contributed by atoms with van der Waals surface area (Å²) < 4.78 is 6.84. The molecular formula is C15H16BrN3O. The van der Waals surface area contributed by atoms with Gasteiger partial charge in [0.2, 0.25) is 0 Å². The van der Waals surface area contributed by atoms with E-state index in [9.17, 15) is 0 Å². The Morgan fingerprint density at radius 3 is 2.80 bits per heavy atom. The Morgan fingerprint density at radius 2 is 2.05 bits per heavy atom. The minimum Gasteiger partial charge on any atom is -0.486 e. The molecule has 3 rings (SSSR count). The van der Waals surface area contributed by atoms with Crippen molar-refractivity contribution in [3.05, 3.63) is 52.5 Å². The summed E-state index contributed by atoms with van der Waals surface area (Å²) >= 11 is 3.58. The molecule has 1 fully saturated rings. The van der Waals surface area contributed by atoms with Crippen LogP contribution in [0.3, 0.4) is 0 Å². The SMILES string of the molecule is Brc1ccc(OCc2ncccn2)cc1CNC1CC1. The number of halogens is 1. The maximum absolute atomic E-state index is 5.74. The zero-order valence-electron chi connectivity index (χ0n) is 11.1. The van der Waals surface area contributed by atoms with E-state index in [2.05, 4.69) is 37.3 Å². The zero-order chi connectivity index (χ0) is 13.8. The number of rotatable bonds is 6. The van der Waals surface area contributed by atoms with Crippen LogP contribution in [0.15, 0.2) is 41.1 Å². The van der Waals surface area contributed by atoms with Crippen LogP contribution in [0.4, 0.5) is 0 Å². The number of hydrogen-bond donors (Lipinski definition) is 1. The first-order valence-corrected chi connectivity index (χ1v) is 7.51. The van der Waals surface area contributed by atoms with Crippen LogP contribution in [0.2, 0.25) is 0 Å². The van der Waals surface area contributed by atoms with Gasteiger partial charge in [-0.25, -0.2) is 9.97 Å². The molecule has 2 aromatic rings. The highest BCUT2D eigenvalue weighted by molar-refractivity contribution is 9.10. The molecule has 0 spiro atoms. The molecule has 0 atom stereocenters. The minimum atomic E-state index is 0.387. The Labute approximate surface area is 126 Å². The topological polar surface area (TPSA) is 47.0 Å². The van der Waals surface area contributed by atoms with Gasteiger partial charge in [0.05, 0.1) is 0 Å². The van der Waals surface area contributed by atoms with Crippen LogP contribution in [0, 0.1) is 0 Å². The molecule has 1 N–H and O–H groups in total. The molecule has 104 valence electrons. The van der Waals surface area contributed by atoms with Crippen molar-refractivity contribution >= 4 is 15.9 Å². The molecule has 0 amide bonds. The van der Waals surface area contributed by atoms with Crippen LogP contribution >= 0.6 is 15.9 Å². The van der Waals surface area contributed by atoms with E-state index >= 15 is 0 Å². The van der Waals surface area contributed by atoms with Crippen molar-refractivity contribution in [1.82, 2.24) is 15.3 Å². The van der Waals surface area contributed by atoms with E-state index in [-0.39, 0.29) is 0 Å². The Hall–Kier alpha value is -1.46. The molecule has 0 aliphatic heterocycles. The lowest BCUT2D eigenvalue weighted by atomic mass is 10.2. The van der Waals surface area contributed by atoms with Gasteiger partial charge < -0.3 is 10.1 Å². The standard InChI is InChI=1S/C15H16BrN3O/c16-14-5-4-13(8-11(14)9-19-12-2-3-12)20-10-15-17-6-1-7-18-15/h1,4-8,12,19H,2-3,9-10H2. The maximum Gasteiger partial charge on any atom is 0.166 e. The molecular weight excluding hydrogens is 318 g/mol. The third-order valence-electron chi connectivity index (χ3n) is 3.16. The molecule has 1 aromatic carbocycles. The Bertz CT molecular complexity index is 573. The summed E-state index contributed by atoms with van der Waals surface area (Å²) in [6.45, 7) is 1.25. The van der Waals surface area contributed by atoms with Crippen LogP contribution < -0.4 is 10.1 Å². The highest BCUT2D eigenvalue weighted by Gasteiger charge is 2.20. The Balaban J connectivity index is 1.62. The van der Waals surface area contributed by atoms with E-state index in [0.717, 1.165) is 16.8 Å². The average Bonchev–Trinajstić information content (AvgIpc) is 3.30.